The number of nitrogens with zero attached hydrogens (tertiary/aromatic N) is 2. The highest BCUT2D eigenvalue weighted by molar-refractivity contribution is 8.00. The molecule has 0 bridgehead atoms. The van der Waals surface area contributed by atoms with Crippen molar-refractivity contribution in [1.29, 1.82) is 0 Å². The van der Waals surface area contributed by atoms with Crippen molar-refractivity contribution in [1.82, 2.24) is 9.88 Å². The van der Waals surface area contributed by atoms with Crippen molar-refractivity contribution in [2.24, 2.45) is 0 Å². The Kier molecular flexibility index (Phi) is 5.63. The van der Waals surface area contributed by atoms with Crippen molar-refractivity contribution in [2.75, 3.05) is 13.1 Å². The number of pyridine rings is 1. The van der Waals surface area contributed by atoms with Gasteiger partial charge < -0.3 is 0 Å². The van der Waals surface area contributed by atoms with E-state index in [0.29, 0.717) is 15.3 Å². The third-order valence-electron chi connectivity index (χ3n) is 4.54. The van der Waals surface area contributed by atoms with Crippen LogP contribution in [0.1, 0.15) is 12.0 Å². The van der Waals surface area contributed by atoms with E-state index in [-0.39, 0.29) is 0 Å². The average Bonchev–Trinajstić information content (AvgIpc) is 3.01. The number of aromatic nitrogens is 1. The molecule has 2 nitrogen and oxygen atoms in total. The van der Waals surface area contributed by atoms with Gasteiger partial charge in [0.1, 0.15) is 0 Å². The zero-order chi connectivity index (χ0) is 18.1. The lowest BCUT2D eigenvalue weighted by atomic mass is 10.2. The van der Waals surface area contributed by atoms with Crippen molar-refractivity contribution in [2.45, 2.75) is 23.1 Å². The molecule has 0 radical (unpaired) electrons. The van der Waals surface area contributed by atoms with Gasteiger partial charge in [-0.3, -0.25) is 9.88 Å². The third kappa shape index (κ3) is 4.29. The van der Waals surface area contributed by atoms with Crippen molar-refractivity contribution < 1.29 is 0 Å². The number of likely N-dealkylation sites (tertiary alicyclic amines) is 1. The van der Waals surface area contributed by atoms with Gasteiger partial charge in [0.15, 0.2) is 0 Å². The highest BCUT2D eigenvalue weighted by Gasteiger charge is 2.24. The van der Waals surface area contributed by atoms with Crippen LogP contribution in [0.3, 0.4) is 0 Å². The number of rotatable bonds is 4. The molecule has 6 heteroatoms. The summed E-state index contributed by atoms with van der Waals surface area (Å²) in [5, 5.41) is 4.96. The van der Waals surface area contributed by atoms with Gasteiger partial charge in [0, 0.05) is 51.1 Å². The van der Waals surface area contributed by atoms with Crippen LogP contribution in [0, 0.1) is 0 Å². The summed E-state index contributed by atoms with van der Waals surface area (Å²) in [7, 11) is 0. The zero-order valence-electron chi connectivity index (χ0n) is 14.0. The molecule has 0 amide bonds. The molecule has 3 aromatic rings. The summed E-state index contributed by atoms with van der Waals surface area (Å²) in [6.45, 7) is 2.96. The zero-order valence-corrected chi connectivity index (χ0v) is 17.0. The van der Waals surface area contributed by atoms with Gasteiger partial charge >= 0.3 is 0 Å². The molecule has 1 saturated heterocycles. The molecule has 0 aliphatic carbocycles. The van der Waals surface area contributed by atoms with Gasteiger partial charge in [0.05, 0.1) is 5.02 Å². The van der Waals surface area contributed by atoms with E-state index in [4.69, 9.17) is 34.8 Å². The Morgan fingerprint density at radius 3 is 2.65 bits per heavy atom. The van der Waals surface area contributed by atoms with Crippen LogP contribution in [0.25, 0.3) is 10.8 Å². The van der Waals surface area contributed by atoms with Crippen LogP contribution in [0.4, 0.5) is 0 Å². The van der Waals surface area contributed by atoms with E-state index in [1.54, 1.807) is 6.07 Å². The summed E-state index contributed by atoms with van der Waals surface area (Å²) >= 11 is 20.6. The molecular formula is C20H17Cl3N2S. The second kappa shape index (κ2) is 7.95. The molecule has 1 aliphatic heterocycles. The lowest BCUT2D eigenvalue weighted by Gasteiger charge is -2.17. The van der Waals surface area contributed by atoms with Gasteiger partial charge in [-0.1, -0.05) is 34.8 Å². The summed E-state index contributed by atoms with van der Waals surface area (Å²) in [5.41, 5.74) is 1.16. The van der Waals surface area contributed by atoms with Gasteiger partial charge in [-0.15, -0.1) is 11.8 Å². The number of hydrogen-bond acceptors (Lipinski definition) is 3. The minimum Gasteiger partial charge on any atom is -0.298 e. The molecule has 4 rings (SSSR count). The average molecular weight is 424 g/mol. The van der Waals surface area contributed by atoms with Crippen molar-refractivity contribution in [3.05, 3.63) is 69.4 Å². The second-order valence-electron chi connectivity index (χ2n) is 6.55. The van der Waals surface area contributed by atoms with Crippen LogP contribution in [0.2, 0.25) is 15.1 Å². The molecule has 0 N–H and O–H groups in total. The third-order valence-corrected chi connectivity index (χ3v) is 6.71. The molecule has 1 aromatic heterocycles. The van der Waals surface area contributed by atoms with E-state index < -0.39 is 0 Å². The Morgan fingerprint density at radius 1 is 1.04 bits per heavy atom. The Morgan fingerprint density at radius 2 is 1.85 bits per heavy atom. The van der Waals surface area contributed by atoms with Gasteiger partial charge in [0.25, 0.3) is 0 Å². The molecule has 134 valence electrons. The number of halogens is 3. The van der Waals surface area contributed by atoms with E-state index in [1.165, 1.54) is 5.39 Å². The van der Waals surface area contributed by atoms with Crippen LogP contribution in [-0.2, 0) is 6.54 Å². The largest absolute Gasteiger partial charge is 0.298 e. The SMILES string of the molecule is Clc1cc(Cl)cc(CN2CC[C@H](Sc3cc4ccncc4cc3Cl)C2)c1. The summed E-state index contributed by atoms with van der Waals surface area (Å²) < 4.78 is 0. The predicted octanol–water partition coefficient (Wildman–Crippen LogP) is 6.56. The molecule has 26 heavy (non-hydrogen) atoms. The van der Waals surface area contributed by atoms with E-state index in [9.17, 15) is 0 Å². The summed E-state index contributed by atoms with van der Waals surface area (Å²) in [5.74, 6) is 0. The normalized spacial score (nSPS) is 17.9. The Balaban J connectivity index is 1.43. The van der Waals surface area contributed by atoms with E-state index in [2.05, 4.69) is 16.0 Å². The molecule has 1 aliphatic rings. The molecule has 1 atom stereocenters. The lowest BCUT2D eigenvalue weighted by Crippen LogP contribution is -2.20. The van der Waals surface area contributed by atoms with Gasteiger partial charge in [-0.2, -0.15) is 0 Å². The van der Waals surface area contributed by atoms with Gasteiger partial charge in [-0.05, 0) is 60.3 Å². The Labute approximate surface area is 172 Å². The van der Waals surface area contributed by atoms with Crippen LogP contribution in [0.15, 0.2) is 53.7 Å². The molecule has 0 unspecified atom stereocenters. The first-order chi connectivity index (χ1) is 12.6. The van der Waals surface area contributed by atoms with Crippen LogP contribution < -0.4 is 0 Å². The number of fused-ring (bicyclic) bond motifs is 1. The van der Waals surface area contributed by atoms with Crippen molar-refractivity contribution in [3.63, 3.8) is 0 Å². The molecule has 0 spiro atoms. The van der Waals surface area contributed by atoms with Crippen molar-refractivity contribution in [3.8, 4) is 0 Å². The van der Waals surface area contributed by atoms with Crippen LogP contribution in [0.5, 0.6) is 0 Å². The standard InChI is InChI=1S/C20H17Cl3N2S/c21-16-5-13(6-17(22)9-16)11-25-4-2-18(12-25)26-20-8-14-1-3-24-10-15(14)7-19(20)23/h1,3,5-10,18H,2,4,11-12H2/t18-/m0/s1. The Hall–Kier alpha value is -0.970. The predicted molar refractivity (Wildman–Crippen MR) is 113 cm³/mol. The minimum absolute atomic E-state index is 0.529. The fraction of sp³-hybridized carbons (Fsp3) is 0.250. The fourth-order valence-electron chi connectivity index (χ4n) is 3.35. The maximum absolute atomic E-state index is 6.49. The second-order valence-corrected chi connectivity index (χ2v) is 9.17. The van der Waals surface area contributed by atoms with Crippen molar-refractivity contribution >= 4 is 57.3 Å². The first kappa shape index (κ1) is 18.4. The van der Waals surface area contributed by atoms with E-state index in [1.807, 2.05) is 48.4 Å². The van der Waals surface area contributed by atoms with Crippen LogP contribution >= 0.6 is 46.6 Å². The highest BCUT2D eigenvalue weighted by atomic mass is 35.5. The fourth-order valence-corrected chi connectivity index (χ4v) is 5.47. The molecular weight excluding hydrogens is 407 g/mol. The van der Waals surface area contributed by atoms with Crippen LogP contribution in [-0.4, -0.2) is 28.2 Å². The van der Waals surface area contributed by atoms with Gasteiger partial charge in [0.2, 0.25) is 0 Å². The van der Waals surface area contributed by atoms with E-state index >= 15 is 0 Å². The maximum Gasteiger partial charge on any atom is 0.0548 e. The smallest absolute Gasteiger partial charge is 0.0548 e. The quantitative estimate of drug-likeness (QED) is 0.472. The van der Waals surface area contributed by atoms with E-state index in [0.717, 1.165) is 46.9 Å². The maximum atomic E-state index is 6.49. The first-order valence-corrected chi connectivity index (χ1v) is 10.5. The molecule has 0 saturated carbocycles. The number of thioether (sulfide) groups is 1. The minimum atomic E-state index is 0.529. The Bertz CT molecular complexity index is 927. The molecule has 2 heterocycles. The molecule has 1 fully saturated rings. The number of benzene rings is 2. The summed E-state index contributed by atoms with van der Waals surface area (Å²) in [4.78, 5) is 7.74. The topological polar surface area (TPSA) is 16.1 Å². The monoisotopic (exact) mass is 422 g/mol. The first-order valence-electron chi connectivity index (χ1n) is 8.44. The van der Waals surface area contributed by atoms with Gasteiger partial charge in [-0.25, -0.2) is 0 Å². The number of hydrogen-bond donors (Lipinski definition) is 0. The lowest BCUT2D eigenvalue weighted by molar-refractivity contribution is 0.332. The summed E-state index contributed by atoms with van der Waals surface area (Å²) in [6.07, 6.45) is 4.81. The molecule has 2 aromatic carbocycles. The summed E-state index contributed by atoms with van der Waals surface area (Å²) in [6, 6.07) is 12.0. The highest BCUT2D eigenvalue weighted by Crippen LogP contribution is 2.37.